The number of hydrogen-bond acceptors (Lipinski definition) is 5. The van der Waals surface area contributed by atoms with Gasteiger partial charge >= 0.3 is 0 Å². The van der Waals surface area contributed by atoms with Crippen molar-refractivity contribution >= 4 is 27.9 Å². The first-order chi connectivity index (χ1) is 14.1. The molecule has 2 aromatic carbocycles. The van der Waals surface area contributed by atoms with Gasteiger partial charge in [0.2, 0.25) is 10.8 Å². The molecule has 0 unspecified atom stereocenters. The maximum Gasteiger partial charge on any atom is 0.230 e. The summed E-state index contributed by atoms with van der Waals surface area (Å²) in [5.74, 6) is 0.908. The highest BCUT2D eigenvalue weighted by Crippen LogP contribution is 2.42. The minimum absolute atomic E-state index is 0.111. The van der Waals surface area contributed by atoms with Crippen LogP contribution in [0.2, 0.25) is 5.02 Å². The van der Waals surface area contributed by atoms with Crippen molar-refractivity contribution in [2.75, 3.05) is 6.54 Å². The molecule has 0 saturated carbocycles. The monoisotopic (exact) mass is 424 g/mol. The van der Waals surface area contributed by atoms with Gasteiger partial charge in [0.1, 0.15) is 0 Å². The van der Waals surface area contributed by atoms with E-state index in [-0.39, 0.29) is 11.9 Å². The number of hydrogen-bond donors (Lipinski definition) is 1. The van der Waals surface area contributed by atoms with Crippen LogP contribution < -0.4 is 0 Å². The molecule has 5 nitrogen and oxygen atoms in total. The zero-order chi connectivity index (χ0) is 20.0. The van der Waals surface area contributed by atoms with Gasteiger partial charge in [-0.2, -0.15) is 4.52 Å². The van der Waals surface area contributed by atoms with E-state index >= 15 is 0 Å². The molecule has 148 valence electrons. The number of aromatic hydroxyl groups is 1. The normalized spacial score (nSPS) is 15.5. The quantitative estimate of drug-likeness (QED) is 0.508. The van der Waals surface area contributed by atoms with E-state index < -0.39 is 0 Å². The first kappa shape index (κ1) is 18.6. The van der Waals surface area contributed by atoms with Gasteiger partial charge in [-0.25, -0.2) is 4.98 Å². The smallest absolute Gasteiger partial charge is 0.230 e. The van der Waals surface area contributed by atoms with E-state index in [1.54, 1.807) is 4.52 Å². The SMILES string of the molecule is CCc1nc2sc([C@@H](c3cccc(Cl)c3)N3CCc4ccccc4C3)c(O)n2n1. The second-order valence-corrected chi connectivity index (χ2v) is 8.76. The van der Waals surface area contributed by atoms with Gasteiger partial charge in [0.25, 0.3) is 0 Å². The van der Waals surface area contributed by atoms with Gasteiger partial charge in [0.05, 0.1) is 10.9 Å². The molecule has 0 amide bonds. The summed E-state index contributed by atoms with van der Waals surface area (Å²) in [6.07, 6.45) is 1.72. The second kappa shape index (κ2) is 7.44. The number of aryl methyl sites for hydroxylation is 1. The van der Waals surface area contributed by atoms with Crippen LogP contribution in [-0.2, 0) is 19.4 Å². The van der Waals surface area contributed by atoms with Crippen LogP contribution >= 0.6 is 22.9 Å². The van der Waals surface area contributed by atoms with E-state index in [9.17, 15) is 5.11 Å². The molecule has 2 aromatic heterocycles. The third-order valence-corrected chi connectivity index (χ3v) is 6.81. The summed E-state index contributed by atoms with van der Waals surface area (Å²) in [6, 6.07) is 16.4. The summed E-state index contributed by atoms with van der Waals surface area (Å²) in [7, 11) is 0. The van der Waals surface area contributed by atoms with Gasteiger partial charge in [0, 0.05) is 24.5 Å². The Morgan fingerprint density at radius 2 is 2.00 bits per heavy atom. The molecule has 1 atom stereocenters. The summed E-state index contributed by atoms with van der Waals surface area (Å²) >= 11 is 7.82. The zero-order valence-electron chi connectivity index (χ0n) is 16.0. The molecule has 7 heteroatoms. The average molecular weight is 425 g/mol. The fourth-order valence-electron chi connectivity index (χ4n) is 4.06. The van der Waals surface area contributed by atoms with Crippen LogP contribution in [0, 0.1) is 0 Å². The van der Waals surface area contributed by atoms with Crippen molar-refractivity contribution in [3.05, 3.63) is 80.9 Å². The molecule has 0 radical (unpaired) electrons. The fraction of sp³-hybridized carbons (Fsp3) is 0.273. The second-order valence-electron chi connectivity index (χ2n) is 7.31. The molecule has 0 aliphatic carbocycles. The lowest BCUT2D eigenvalue weighted by molar-refractivity contribution is 0.205. The van der Waals surface area contributed by atoms with Crippen molar-refractivity contribution in [2.24, 2.45) is 0 Å². The third-order valence-electron chi connectivity index (χ3n) is 5.50. The molecule has 3 heterocycles. The van der Waals surface area contributed by atoms with Crippen molar-refractivity contribution in [3.63, 3.8) is 0 Å². The molecular weight excluding hydrogens is 404 g/mol. The lowest BCUT2D eigenvalue weighted by atomic mass is 9.96. The van der Waals surface area contributed by atoms with Gasteiger partial charge in [-0.1, -0.05) is 66.3 Å². The number of nitrogens with zero attached hydrogens (tertiary/aromatic N) is 4. The first-order valence-electron chi connectivity index (χ1n) is 9.77. The van der Waals surface area contributed by atoms with E-state index in [1.807, 2.05) is 25.1 Å². The van der Waals surface area contributed by atoms with Crippen LogP contribution in [0.3, 0.4) is 0 Å². The Balaban J connectivity index is 1.62. The highest BCUT2D eigenvalue weighted by atomic mass is 35.5. The zero-order valence-corrected chi connectivity index (χ0v) is 17.6. The summed E-state index contributed by atoms with van der Waals surface area (Å²) in [5, 5.41) is 16.2. The van der Waals surface area contributed by atoms with Crippen molar-refractivity contribution < 1.29 is 5.11 Å². The van der Waals surface area contributed by atoms with Crippen molar-refractivity contribution in [3.8, 4) is 5.88 Å². The summed E-state index contributed by atoms with van der Waals surface area (Å²) in [5.41, 5.74) is 3.79. The van der Waals surface area contributed by atoms with Gasteiger partial charge in [-0.15, -0.1) is 5.10 Å². The predicted octanol–water partition coefficient (Wildman–Crippen LogP) is 4.86. The molecule has 0 spiro atoms. The van der Waals surface area contributed by atoms with Crippen LogP contribution in [-0.4, -0.2) is 31.1 Å². The Hall–Kier alpha value is -2.41. The van der Waals surface area contributed by atoms with Crippen LogP contribution in [0.5, 0.6) is 5.88 Å². The van der Waals surface area contributed by atoms with Crippen LogP contribution in [0.1, 0.15) is 40.4 Å². The van der Waals surface area contributed by atoms with E-state index in [1.165, 1.54) is 22.5 Å². The minimum atomic E-state index is -0.111. The van der Waals surface area contributed by atoms with Crippen molar-refractivity contribution in [2.45, 2.75) is 32.4 Å². The van der Waals surface area contributed by atoms with Gasteiger partial charge in [-0.05, 0) is 35.2 Å². The number of thiazole rings is 1. The van der Waals surface area contributed by atoms with Crippen molar-refractivity contribution in [1.29, 1.82) is 0 Å². The Bertz CT molecular complexity index is 1180. The third kappa shape index (κ3) is 3.31. The van der Waals surface area contributed by atoms with E-state index in [2.05, 4.69) is 45.3 Å². The minimum Gasteiger partial charge on any atom is -0.492 e. The molecule has 5 rings (SSSR count). The molecule has 1 aliphatic heterocycles. The Morgan fingerprint density at radius 3 is 2.76 bits per heavy atom. The molecule has 1 aliphatic rings. The number of halogens is 1. The number of rotatable bonds is 4. The van der Waals surface area contributed by atoms with Crippen molar-refractivity contribution in [1.82, 2.24) is 19.5 Å². The number of benzene rings is 2. The molecule has 0 fully saturated rings. The van der Waals surface area contributed by atoms with E-state index in [4.69, 9.17) is 11.6 Å². The standard InChI is InChI=1S/C22H21ClN4OS/c1-2-18-24-22-27(25-18)21(28)20(29-22)19(15-8-5-9-17(23)12-15)26-11-10-14-6-3-4-7-16(14)13-26/h3-9,12,19,28H,2,10-11,13H2,1H3/t19-/m1/s1. The summed E-state index contributed by atoms with van der Waals surface area (Å²) in [4.78, 5) is 8.53. The molecular formula is C22H21ClN4OS. The summed E-state index contributed by atoms with van der Waals surface area (Å²) < 4.78 is 1.56. The van der Waals surface area contributed by atoms with Crippen LogP contribution in [0.15, 0.2) is 48.5 Å². The Morgan fingerprint density at radius 1 is 1.17 bits per heavy atom. The highest BCUT2D eigenvalue weighted by Gasteiger charge is 2.31. The van der Waals surface area contributed by atoms with Gasteiger partial charge in [-0.3, -0.25) is 4.90 Å². The topological polar surface area (TPSA) is 53.7 Å². The fourth-order valence-corrected chi connectivity index (χ4v) is 5.40. The molecule has 1 N–H and O–H groups in total. The molecule has 0 bridgehead atoms. The Kier molecular flexibility index (Phi) is 4.78. The lowest BCUT2D eigenvalue weighted by Crippen LogP contribution is -2.34. The summed E-state index contributed by atoms with van der Waals surface area (Å²) in [6.45, 7) is 3.74. The lowest BCUT2D eigenvalue weighted by Gasteiger charge is -2.35. The maximum absolute atomic E-state index is 11.0. The highest BCUT2D eigenvalue weighted by molar-refractivity contribution is 7.17. The van der Waals surface area contributed by atoms with Gasteiger partial charge in [0.15, 0.2) is 5.82 Å². The first-order valence-corrected chi connectivity index (χ1v) is 11.0. The molecule has 0 saturated heterocycles. The average Bonchev–Trinajstić information content (AvgIpc) is 3.27. The Labute approximate surface area is 178 Å². The number of fused-ring (bicyclic) bond motifs is 2. The van der Waals surface area contributed by atoms with E-state index in [0.717, 1.165) is 47.2 Å². The van der Waals surface area contributed by atoms with E-state index in [0.29, 0.717) is 5.02 Å². The molecule has 29 heavy (non-hydrogen) atoms. The van der Waals surface area contributed by atoms with Crippen LogP contribution in [0.4, 0.5) is 0 Å². The number of aromatic nitrogens is 3. The van der Waals surface area contributed by atoms with Gasteiger partial charge < -0.3 is 5.11 Å². The maximum atomic E-state index is 11.0. The largest absolute Gasteiger partial charge is 0.492 e. The predicted molar refractivity (Wildman–Crippen MR) is 116 cm³/mol. The van der Waals surface area contributed by atoms with Crippen LogP contribution in [0.25, 0.3) is 4.96 Å². The molecule has 4 aromatic rings.